The fourth-order valence-corrected chi connectivity index (χ4v) is 3.53. The van der Waals surface area contributed by atoms with E-state index in [-0.39, 0.29) is 18.2 Å². The quantitative estimate of drug-likeness (QED) is 0.844. The number of nitrogens with zero attached hydrogens (tertiary/aromatic N) is 1. The first-order chi connectivity index (χ1) is 10.1. The zero-order chi connectivity index (χ0) is 15.2. The normalized spacial score (nSPS) is 25.6. The van der Waals surface area contributed by atoms with Crippen LogP contribution in [0.15, 0.2) is 0 Å². The molecule has 0 aromatic heterocycles. The zero-order valence-electron chi connectivity index (χ0n) is 12.9. The van der Waals surface area contributed by atoms with E-state index in [0.29, 0.717) is 18.3 Å². The van der Waals surface area contributed by atoms with E-state index in [1.807, 2.05) is 11.8 Å². The molecule has 0 spiro atoms. The SMILES string of the molecule is C[C@@H](C(=O)N1CCC[C@H](CCC(=O)O)C1)C1CCOCC1. The van der Waals surface area contributed by atoms with E-state index < -0.39 is 5.97 Å². The summed E-state index contributed by atoms with van der Waals surface area (Å²) in [4.78, 5) is 25.3. The van der Waals surface area contributed by atoms with E-state index in [2.05, 4.69) is 0 Å². The van der Waals surface area contributed by atoms with Crippen LogP contribution in [0.4, 0.5) is 0 Å². The highest BCUT2D eigenvalue weighted by molar-refractivity contribution is 5.79. The maximum absolute atomic E-state index is 12.6. The van der Waals surface area contributed by atoms with Crippen LogP contribution >= 0.6 is 0 Å². The summed E-state index contributed by atoms with van der Waals surface area (Å²) in [6, 6.07) is 0. The van der Waals surface area contributed by atoms with Crippen LogP contribution in [-0.2, 0) is 14.3 Å². The molecule has 0 aliphatic carbocycles. The summed E-state index contributed by atoms with van der Waals surface area (Å²) in [6.07, 6.45) is 4.89. The van der Waals surface area contributed by atoms with E-state index in [0.717, 1.165) is 52.0 Å². The number of carboxylic acid groups (broad SMARTS) is 1. The van der Waals surface area contributed by atoms with Crippen molar-refractivity contribution in [2.75, 3.05) is 26.3 Å². The molecule has 0 aromatic carbocycles. The van der Waals surface area contributed by atoms with E-state index >= 15 is 0 Å². The maximum atomic E-state index is 12.6. The number of carbonyl (C=O) groups is 2. The summed E-state index contributed by atoms with van der Waals surface area (Å²) < 4.78 is 5.37. The van der Waals surface area contributed by atoms with Gasteiger partial charge in [-0.1, -0.05) is 6.92 Å². The predicted molar refractivity (Wildman–Crippen MR) is 78.9 cm³/mol. The molecule has 2 aliphatic rings. The Balaban J connectivity index is 1.84. The Bertz CT molecular complexity index is 365. The van der Waals surface area contributed by atoms with Crippen LogP contribution in [0.25, 0.3) is 0 Å². The van der Waals surface area contributed by atoms with Gasteiger partial charge in [-0.3, -0.25) is 9.59 Å². The Labute approximate surface area is 126 Å². The first-order valence-corrected chi connectivity index (χ1v) is 8.16. The summed E-state index contributed by atoms with van der Waals surface area (Å²) >= 11 is 0. The fraction of sp³-hybridized carbons (Fsp3) is 0.875. The Morgan fingerprint density at radius 3 is 2.67 bits per heavy atom. The number of amides is 1. The average molecular weight is 297 g/mol. The lowest BCUT2D eigenvalue weighted by molar-refractivity contribution is -0.140. The molecule has 0 bridgehead atoms. The lowest BCUT2D eigenvalue weighted by atomic mass is 9.85. The Morgan fingerprint density at radius 2 is 2.00 bits per heavy atom. The maximum Gasteiger partial charge on any atom is 0.303 e. The molecule has 1 N–H and O–H groups in total. The number of likely N-dealkylation sites (tertiary alicyclic amines) is 1. The van der Waals surface area contributed by atoms with Crippen molar-refractivity contribution >= 4 is 11.9 Å². The molecule has 2 rings (SSSR count). The van der Waals surface area contributed by atoms with Gasteiger partial charge in [0.2, 0.25) is 5.91 Å². The standard InChI is InChI=1S/C16H27NO4/c1-12(14-6-9-21-10-7-14)16(20)17-8-2-3-13(11-17)4-5-15(18)19/h12-14H,2-11H2,1H3,(H,18,19)/t12-,13-/m1/s1. The highest BCUT2D eigenvalue weighted by Crippen LogP contribution is 2.28. The number of ether oxygens (including phenoxy) is 1. The van der Waals surface area contributed by atoms with Gasteiger partial charge in [0, 0.05) is 38.6 Å². The second-order valence-corrected chi connectivity index (χ2v) is 6.46. The molecule has 2 atom stereocenters. The molecule has 0 radical (unpaired) electrons. The highest BCUT2D eigenvalue weighted by atomic mass is 16.5. The van der Waals surface area contributed by atoms with Gasteiger partial charge in [0.15, 0.2) is 0 Å². The number of piperidine rings is 1. The molecular weight excluding hydrogens is 270 g/mol. The van der Waals surface area contributed by atoms with Gasteiger partial charge in [0.25, 0.3) is 0 Å². The molecule has 2 fully saturated rings. The molecule has 1 amide bonds. The smallest absolute Gasteiger partial charge is 0.303 e. The Hall–Kier alpha value is -1.10. The van der Waals surface area contributed by atoms with Crippen molar-refractivity contribution in [1.82, 2.24) is 4.90 Å². The monoisotopic (exact) mass is 297 g/mol. The molecule has 0 unspecified atom stereocenters. The second kappa shape index (κ2) is 7.78. The van der Waals surface area contributed by atoms with Gasteiger partial charge in [-0.2, -0.15) is 0 Å². The molecule has 2 heterocycles. The third kappa shape index (κ3) is 4.70. The molecule has 5 nitrogen and oxygen atoms in total. The molecular formula is C16H27NO4. The number of hydrogen-bond acceptors (Lipinski definition) is 3. The summed E-state index contributed by atoms with van der Waals surface area (Å²) in [5.74, 6) is 0.356. The largest absolute Gasteiger partial charge is 0.481 e. The van der Waals surface area contributed by atoms with Gasteiger partial charge in [-0.15, -0.1) is 0 Å². The van der Waals surface area contributed by atoms with Crippen LogP contribution in [0, 0.1) is 17.8 Å². The van der Waals surface area contributed by atoms with Crippen molar-refractivity contribution in [3.05, 3.63) is 0 Å². The van der Waals surface area contributed by atoms with Gasteiger partial charge in [-0.05, 0) is 43.9 Å². The lowest BCUT2D eigenvalue weighted by Crippen LogP contribution is -2.44. The minimum Gasteiger partial charge on any atom is -0.481 e. The van der Waals surface area contributed by atoms with Crippen LogP contribution in [-0.4, -0.2) is 48.2 Å². The lowest BCUT2D eigenvalue weighted by Gasteiger charge is -2.36. The number of rotatable bonds is 5. The molecule has 5 heteroatoms. The number of aliphatic carboxylic acids is 1. The first-order valence-electron chi connectivity index (χ1n) is 8.16. The second-order valence-electron chi connectivity index (χ2n) is 6.46. The summed E-state index contributed by atoms with van der Waals surface area (Å²) in [6.45, 7) is 5.14. The minimum absolute atomic E-state index is 0.0622. The predicted octanol–water partition coefficient (Wildman–Crippen LogP) is 2.15. The Kier molecular flexibility index (Phi) is 6.03. The van der Waals surface area contributed by atoms with Gasteiger partial charge in [0.05, 0.1) is 0 Å². The third-order valence-corrected chi connectivity index (χ3v) is 4.96. The van der Waals surface area contributed by atoms with Crippen LogP contribution in [0.1, 0.15) is 45.4 Å². The van der Waals surface area contributed by atoms with E-state index in [9.17, 15) is 9.59 Å². The molecule has 2 aliphatic heterocycles. The van der Waals surface area contributed by atoms with Crippen molar-refractivity contribution < 1.29 is 19.4 Å². The van der Waals surface area contributed by atoms with Gasteiger partial charge in [0.1, 0.15) is 0 Å². The minimum atomic E-state index is -0.742. The molecule has 2 saturated heterocycles. The number of carboxylic acids is 1. The Morgan fingerprint density at radius 1 is 1.29 bits per heavy atom. The first kappa shape index (κ1) is 16.3. The van der Waals surface area contributed by atoms with Crippen LogP contribution < -0.4 is 0 Å². The van der Waals surface area contributed by atoms with Crippen LogP contribution in [0.2, 0.25) is 0 Å². The van der Waals surface area contributed by atoms with Gasteiger partial charge >= 0.3 is 5.97 Å². The van der Waals surface area contributed by atoms with Crippen LogP contribution in [0.3, 0.4) is 0 Å². The summed E-state index contributed by atoms with van der Waals surface area (Å²) in [5, 5.41) is 8.79. The summed E-state index contributed by atoms with van der Waals surface area (Å²) in [5.41, 5.74) is 0. The van der Waals surface area contributed by atoms with Crippen molar-refractivity contribution in [2.24, 2.45) is 17.8 Å². The van der Waals surface area contributed by atoms with Gasteiger partial charge < -0.3 is 14.7 Å². The zero-order valence-corrected chi connectivity index (χ0v) is 12.9. The molecule has 0 aromatic rings. The van der Waals surface area contributed by atoms with Gasteiger partial charge in [-0.25, -0.2) is 0 Å². The molecule has 120 valence electrons. The summed E-state index contributed by atoms with van der Waals surface area (Å²) in [7, 11) is 0. The average Bonchev–Trinajstić information content (AvgIpc) is 2.52. The number of hydrogen-bond donors (Lipinski definition) is 1. The van der Waals surface area contributed by atoms with Crippen molar-refractivity contribution in [3.8, 4) is 0 Å². The molecule has 0 saturated carbocycles. The third-order valence-electron chi connectivity index (χ3n) is 4.96. The highest BCUT2D eigenvalue weighted by Gasteiger charge is 2.31. The van der Waals surface area contributed by atoms with E-state index in [1.54, 1.807) is 0 Å². The van der Waals surface area contributed by atoms with E-state index in [1.165, 1.54) is 0 Å². The molecule has 21 heavy (non-hydrogen) atoms. The fourth-order valence-electron chi connectivity index (χ4n) is 3.53. The van der Waals surface area contributed by atoms with Crippen molar-refractivity contribution in [2.45, 2.75) is 45.4 Å². The van der Waals surface area contributed by atoms with Crippen molar-refractivity contribution in [1.29, 1.82) is 0 Å². The van der Waals surface area contributed by atoms with Crippen molar-refractivity contribution in [3.63, 3.8) is 0 Å². The topological polar surface area (TPSA) is 66.8 Å². The van der Waals surface area contributed by atoms with E-state index in [4.69, 9.17) is 9.84 Å². The number of carbonyl (C=O) groups excluding carboxylic acids is 1. The van der Waals surface area contributed by atoms with Crippen LogP contribution in [0.5, 0.6) is 0 Å².